The summed E-state index contributed by atoms with van der Waals surface area (Å²) < 4.78 is 0.959. The second-order valence-corrected chi connectivity index (χ2v) is 28.3. The molecule has 2 aliphatic carbocycles. The number of halogens is 1. The summed E-state index contributed by atoms with van der Waals surface area (Å²) in [6, 6.07) is 139. The van der Waals surface area contributed by atoms with E-state index in [2.05, 4.69) is 246 Å². The Hall–Kier alpha value is -13.5. The summed E-state index contributed by atoms with van der Waals surface area (Å²) in [7, 11) is -1.50. The van der Waals surface area contributed by atoms with Crippen LogP contribution in [0.25, 0.3) is 123 Å². The van der Waals surface area contributed by atoms with E-state index in [4.69, 9.17) is 29.9 Å². The first kappa shape index (κ1) is 68.3. The second kappa shape index (κ2) is 29.7. The van der Waals surface area contributed by atoms with E-state index in [0.29, 0.717) is 40.4 Å². The zero-order chi connectivity index (χ0) is 74.0. The molecule has 0 bridgehead atoms. The van der Waals surface area contributed by atoms with Gasteiger partial charge in [-0.25, -0.2) is 29.9 Å². The van der Waals surface area contributed by atoms with E-state index < -0.39 is 17.9 Å². The summed E-state index contributed by atoms with van der Waals surface area (Å²) in [4.78, 5) is 29.6. The minimum absolute atomic E-state index is 0.459. The lowest BCUT2D eigenvalue weighted by atomic mass is 9.66. The van der Waals surface area contributed by atoms with Gasteiger partial charge in [0.15, 0.2) is 34.9 Å². The van der Waals surface area contributed by atoms with Gasteiger partial charge in [0, 0.05) is 37.9 Å². The minimum atomic E-state index is -1.50. The number of hydrogen-bond donors (Lipinski definition) is 2. The Bertz CT molecular complexity index is 6190. The van der Waals surface area contributed by atoms with Gasteiger partial charge in [-0.3, -0.25) is 0 Å². The molecule has 18 aromatic rings. The first-order chi connectivity index (χ1) is 54.3. The summed E-state index contributed by atoms with van der Waals surface area (Å²) in [6.07, 6.45) is 0. The third-order valence-electron chi connectivity index (χ3n) is 21.2. The fraction of sp³-hybridized carbons (Fsp3) is 0.0200. The van der Waals surface area contributed by atoms with Crippen LogP contribution in [0, 0.1) is 0 Å². The number of benzene rings is 16. The van der Waals surface area contributed by atoms with E-state index in [0.717, 1.165) is 92.8 Å². The SMILES string of the molecule is Brc1ccc2ccccc2c1-c1nc(-c2ccccc2)nc(-c2ccccc2)n1.OB(O)c1ccc2c(c1)C(c1ccccc1)(c1ccccc1)c1ccccc1-2.c1ccc(-c2nc(-c3ccccc3)nc(-c3cccc4ccc(-c5ccc6c(c5)C(c5ccccc5)(c5ccccc5)c5ccccc5-6)cc34)n2)cc1. The fourth-order valence-electron chi connectivity index (χ4n) is 16.2. The third-order valence-corrected chi connectivity index (χ3v) is 21.9. The zero-order valence-electron chi connectivity index (χ0n) is 59.6. The van der Waals surface area contributed by atoms with Gasteiger partial charge < -0.3 is 10.0 Å². The Kier molecular flexibility index (Phi) is 18.5. The minimum Gasteiger partial charge on any atom is -0.423 e. The first-order valence-electron chi connectivity index (χ1n) is 36.8. The molecule has 0 atom stereocenters. The molecule has 2 heterocycles. The average molecular weight is 1480 g/mol. The standard InChI is InChI=1S/C50H33N3.C25H19BO2.C25H16BrN3/c1-5-16-35(17-6-1)47-51-48(36-18-7-2-8-19-36)53-49(52-47)43-26-15-20-34-28-29-37(32-44(34)43)38-30-31-42-41-25-13-14-27-45(41)50(46(42)33-38,39-21-9-3-10-22-39)40-23-11-4-12-24-40;27-26(28)20-15-16-22-21-13-7-8-14-23(21)25(24(22)17-20,18-9-3-1-4-10-18)19-11-5-2-6-12-19;26-21-16-15-17-9-7-8-14-20(17)22(21)25-28-23(18-10-3-1-4-11-18)27-24(29-25)19-12-5-2-6-13-19/h1-33H;1-17,27-28H;1-16H. The Labute approximate surface area is 647 Å². The van der Waals surface area contributed by atoms with Gasteiger partial charge in [0.05, 0.1) is 10.8 Å². The number of nitrogens with zero attached hydrogens (tertiary/aromatic N) is 6. The number of aromatic nitrogens is 6. The van der Waals surface area contributed by atoms with Gasteiger partial charge in [-0.1, -0.05) is 398 Å². The summed E-state index contributed by atoms with van der Waals surface area (Å²) in [5.41, 5.74) is 22.2. The maximum absolute atomic E-state index is 9.84. The molecule has 2 aromatic heterocycles. The maximum Gasteiger partial charge on any atom is 0.488 e. The van der Waals surface area contributed by atoms with Gasteiger partial charge >= 0.3 is 7.12 Å². The van der Waals surface area contributed by atoms with Crippen LogP contribution in [0.3, 0.4) is 0 Å². The first-order valence-corrected chi connectivity index (χ1v) is 37.6. The highest BCUT2D eigenvalue weighted by atomic mass is 79.9. The molecule has 16 aromatic carbocycles. The van der Waals surface area contributed by atoms with Crippen LogP contribution < -0.4 is 5.46 Å². The number of hydrogen-bond acceptors (Lipinski definition) is 8. The van der Waals surface area contributed by atoms with Crippen LogP contribution in [0.5, 0.6) is 0 Å². The van der Waals surface area contributed by atoms with Crippen LogP contribution in [-0.4, -0.2) is 47.1 Å². The van der Waals surface area contributed by atoms with Crippen molar-refractivity contribution in [2.75, 3.05) is 0 Å². The summed E-state index contributed by atoms with van der Waals surface area (Å²) in [5, 5.41) is 24.2. The van der Waals surface area contributed by atoms with E-state index >= 15 is 0 Å². The van der Waals surface area contributed by atoms with Crippen molar-refractivity contribution in [3.63, 3.8) is 0 Å². The highest BCUT2D eigenvalue weighted by molar-refractivity contribution is 9.10. The number of rotatable bonds is 12. The highest BCUT2D eigenvalue weighted by Crippen LogP contribution is 2.58. The Morgan fingerprint density at radius 3 is 1.02 bits per heavy atom. The quantitative estimate of drug-likeness (QED) is 0.116. The van der Waals surface area contributed by atoms with Crippen molar-refractivity contribution >= 4 is 50.1 Å². The Morgan fingerprint density at radius 2 is 0.555 bits per heavy atom. The van der Waals surface area contributed by atoms with Gasteiger partial charge in [0.2, 0.25) is 0 Å². The molecule has 0 saturated carbocycles. The van der Waals surface area contributed by atoms with E-state index in [-0.39, 0.29) is 0 Å². The lowest BCUT2D eigenvalue weighted by Gasteiger charge is -2.34. The smallest absolute Gasteiger partial charge is 0.423 e. The lowest BCUT2D eigenvalue weighted by molar-refractivity contribution is 0.425. The van der Waals surface area contributed by atoms with Gasteiger partial charge in [-0.05, 0) is 123 Å². The lowest BCUT2D eigenvalue weighted by Crippen LogP contribution is -2.33. The molecule has 0 fully saturated rings. The average Bonchev–Trinajstić information content (AvgIpc) is 1.54. The van der Waals surface area contributed by atoms with Crippen LogP contribution >= 0.6 is 15.9 Å². The predicted octanol–water partition coefficient (Wildman–Crippen LogP) is 22.6. The molecule has 10 heteroatoms. The van der Waals surface area contributed by atoms with E-state index in [9.17, 15) is 10.0 Å². The van der Waals surface area contributed by atoms with Crippen molar-refractivity contribution < 1.29 is 10.0 Å². The van der Waals surface area contributed by atoms with Crippen molar-refractivity contribution in [2.24, 2.45) is 0 Å². The van der Waals surface area contributed by atoms with Gasteiger partial charge in [0.1, 0.15) is 0 Å². The van der Waals surface area contributed by atoms with Gasteiger partial charge in [-0.2, -0.15) is 0 Å². The molecule has 110 heavy (non-hydrogen) atoms. The van der Waals surface area contributed by atoms with Crippen LogP contribution in [0.2, 0.25) is 0 Å². The molecule has 8 nitrogen and oxygen atoms in total. The normalized spacial score (nSPS) is 12.5. The molecular weight excluding hydrogens is 1410 g/mol. The second-order valence-electron chi connectivity index (χ2n) is 27.5. The van der Waals surface area contributed by atoms with Crippen molar-refractivity contribution in [1.82, 2.24) is 29.9 Å². The highest BCUT2D eigenvalue weighted by Gasteiger charge is 2.48. The van der Waals surface area contributed by atoms with E-state index in [1.54, 1.807) is 6.07 Å². The predicted molar refractivity (Wildman–Crippen MR) is 451 cm³/mol. The molecule has 2 aliphatic rings. The fourth-order valence-corrected chi connectivity index (χ4v) is 16.7. The van der Waals surface area contributed by atoms with Crippen LogP contribution in [0.15, 0.2) is 405 Å². The van der Waals surface area contributed by atoms with Crippen molar-refractivity contribution in [3.8, 4) is 102 Å². The largest absolute Gasteiger partial charge is 0.488 e. The number of fused-ring (bicyclic) bond motifs is 8. The molecular formula is C100H68BBrN6O2. The summed E-state index contributed by atoms with van der Waals surface area (Å²) in [6.45, 7) is 0. The summed E-state index contributed by atoms with van der Waals surface area (Å²) >= 11 is 3.72. The van der Waals surface area contributed by atoms with Gasteiger partial charge in [0.25, 0.3) is 0 Å². The van der Waals surface area contributed by atoms with E-state index in [1.807, 2.05) is 164 Å². The molecule has 0 aliphatic heterocycles. The van der Waals surface area contributed by atoms with Crippen molar-refractivity contribution in [2.45, 2.75) is 10.8 Å². The van der Waals surface area contributed by atoms with Crippen LogP contribution in [0.4, 0.5) is 0 Å². The Balaban J connectivity index is 0.000000126. The molecule has 2 N–H and O–H groups in total. The third kappa shape index (κ3) is 12.5. The van der Waals surface area contributed by atoms with Crippen LogP contribution in [-0.2, 0) is 10.8 Å². The molecule has 0 spiro atoms. The van der Waals surface area contributed by atoms with Crippen molar-refractivity contribution in [1.29, 1.82) is 0 Å². The molecule has 20 rings (SSSR count). The Morgan fingerprint density at radius 1 is 0.227 bits per heavy atom. The molecule has 0 amide bonds. The molecule has 0 saturated heterocycles. The van der Waals surface area contributed by atoms with E-state index in [1.165, 1.54) is 44.5 Å². The molecule has 520 valence electrons. The molecule has 0 radical (unpaired) electrons. The maximum atomic E-state index is 9.84. The molecule has 0 unspecified atom stereocenters. The van der Waals surface area contributed by atoms with Crippen molar-refractivity contribution in [3.05, 3.63) is 449 Å². The monoisotopic (exact) mass is 1470 g/mol. The van der Waals surface area contributed by atoms with Crippen LogP contribution in [0.1, 0.15) is 44.5 Å². The topological polar surface area (TPSA) is 118 Å². The van der Waals surface area contributed by atoms with Gasteiger partial charge in [-0.15, -0.1) is 0 Å². The zero-order valence-corrected chi connectivity index (χ0v) is 61.2. The summed E-state index contributed by atoms with van der Waals surface area (Å²) in [5.74, 6) is 3.93.